The standard InChI is InChI=1S/C8H6ClN3O2S/c9-15(13,14)8-3-1-2-7(6-8)12-5-4-10-11-12/h1-6H. The van der Waals surface area contributed by atoms with Crippen molar-refractivity contribution < 1.29 is 8.42 Å². The van der Waals surface area contributed by atoms with Crippen molar-refractivity contribution in [1.82, 2.24) is 15.0 Å². The lowest BCUT2D eigenvalue weighted by molar-refractivity contribution is 0.609. The fourth-order valence-electron chi connectivity index (χ4n) is 1.12. The van der Waals surface area contributed by atoms with Gasteiger partial charge in [0.2, 0.25) is 0 Å². The fraction of sp³-hybridized carbons (Fsp3) is 0. The maximum atomic E-state index is 11.1. The van der Waals surface area contributed by atoms with E-state index in [9.17, 15) is 8.42 Å². The van der Waals surface area contributed by atoms with Gasteiger partial charge in [0.05, 0.1) is 23.0 Å². The molecule has 0 aliphatic rings. The van der Waals surface area contributed by atoms with Crippen LogP contribution in [-0.4, -0.2) is 23.4 Å². The molecule has 0 saturated heterocycles. The lowest BCUT2D eigenvalue weighted by Crippen LogP contribution is -1.97. The quantitative estimate of drug-likeness (QED) is 0.744. The summed E-state index contributed by atoms with van der Waals surface area (Å²) in [7, 11) is 1.51. The minimum Gasteiger partial charge on any atom is -0.221 e. The van der Waals surface area contributed by atoms with Crippen molar-refractivity contribution in [3.8, 4) is 5.69 Å². The molecule has 0 fully saturated rings. The lowest BCUT2D eigenvalue weighted by Gasteiger charge is -2.01. The van der Waals surface area contributed by atoms with Gasteiger partial charge in [-0.3, -0.25) is 0 Å². The molecule has 0 unspecified atom stereocenters. The first-order valence-corrected chi connectivity index (χ1v) is 6.30. The molecule has 1 aromatic heterocycles. The second-order valence-electron chi connectivity index (χ2n) is 2.78. The van der Waals surface area contributed by atoms with Gasteiger partial charge in [-0.15, -0.1) is 5.10 Å². The molecule has 0 bridgehead atoms. The van der Waals surface area contributed by atoms with Gasteiger partial charge in [-0.2, -0.15) is 0 Å². The van der Waals surface area contributed by atoms with E-state index in [-0.39, 0.29) is 4.90 Å². The second-order valence-corrected chi connectivity index (χ2v) is 5.35. The molecule has 0 aliphatic carbocycles. The van der Waals surface area contributed by atoms with E-state index in [0.29, 0.717) is 5.69 Å². The van der Waals surface area contributed by atoms with Crippen molar-refractivity contribution in [1.29, 1.82) is 0 Å². The molecule has 7 heteroatoms. The molecule has 1 aromatic carbocycles. The monoisotopic (exact) mass is 243 g/mol. The zero-order valence-corrected chi connectivity index (χ0v) is 8.98. The van der Waals surface area contributed by atoms with Gasteiger partial charge in [0, 0.05) is 10.7 Å². The average Bonchev–Trinajstić information content (AvgIpc) is 2.69. The van der Waals surface area contributed by atoms with Crippen LogP contribution < -0.4 is 0 Å². The van der Waals surface area contributed by atoms with Crippen molar-refractivity contribution >= 4 is 19.7 Å². The highest BCUT2D eigenvalue weighted by Crippen LogP contribution is 2.17. The van der Waals surface area contributed by atoms with E-state index >= 15 is 0 Å². The van der Waals surface area contributed by atoms with Crippen LogP contribution >= 0.6 is 10.7 Å². The SMILES string of the molecule is O=S(=O)(Cl)c1cccc(-n2ccnn2)c1. The van der Waals surface area contributed by atoms with Crippen molar-refractivity contribution in [2.75, 3.05) is 0 Å². The number of hydrogen-bond acceptors (Lipinski definition) is 4. The largest absolute Gasteiger partial charge is 0.261 e. The van der Waals surface area contributed by atoms with Crippen LogP contribution in [0.2, 0.25) is 0 Å². The topological polar surface area (TPSA) is 64.8 Å². The maximum absolute atomic E-state index is 11.1. The Morgan fingerprint density at radius 2 is 2.13 bits per heavy atom. The number of benzene rings is 1. The highest BCUT2D eigenvalue weighted by Gasteiger charge is 2.10. The number of rotatable bonds is 2. The molecule has 1 heterocycles. The van der Waals surface area contributed by atoms with E-state index in [4.69, 9.17) is 10.7 Å². The Bertz CT molecular complexity index is 565. The van der Waals surface area contributed by atoms with Crippen molar-refractivity contribution in [3.63, 3.8) is 0 Å². The summed E-state index contributed by atoms with van der Waals surface area (Å²) in [6.07, 6.45) is 3.11. The van der Waals surface area contributed by atoms with Crippen LogP contribution in [-0.2, 0) is 9.05 Å². The number of halogens is 1. The summed E-state index contributed by atoms with van der Waals surface area (Å²) < 4.78 is 23.6. The summed E-state index contributed by atoms with van der Waals surface area (Å²) in [6.45, 7) is 0. The average molecular weight is 244 g/mol. The van der Waals surface area contributed by atoms with Gasteiger partial charge in [-0.1, -0.05) is 11.3 Å². The summed E-state index contributed by atoms with van der Waals surface area (Å²) in [6, 6.07) is 6.15. The van der Waals surface area contributed by atoms with E-state index in [1.165, 1.54) is 23.0 Å². The first-order chi connectivity index (χ1) is 7.07. The van der Waals surface area contributed by atoms with Crippen LogP contribution in [0.1, 0.15) is 0 Å². The summed E-state index contributed by atoms with van der Waals surface area (Å²) in [5.74, 6) is 0. The smallest absolute Gasteiger partial charge is 0.221 e. The minimum absolute atomic E-state index is 0.0390. The van der Waals surface area contributed by atoms with E-state index in [1.54, 1.807) is 18.3 Å². The molecule has 0 amide bonds. The highest BCUT2D eigenvalue weighted by atomic mass is 35.7. The molecule has 0 radical (unpaired) electrons. The molecule has 0 N–H and O–H groups in total. The molecule has 15 heavy (non-hydrogen) atoms. The van der Waals surface area contributed by atoms with E-state index < -0.39 is 9.05 Å². The van der Waals surface area contributed by atoms with Gasteiger partial charge >= 0.3 is 0 Å². The third kappa shape index (κ3) is 2.16. The van der Waals surface area contributed by atoms with Gasteiger partial charge in [-0.05, 0) is 18.2 Å². The number of aromatic nitrogens is 3. The number of nitrogens with zero attached hydrogens (tertiary/aromatic N) is 3. The Morgan fingerprint density at radius 1 is 1.33 bits per heavy atom. The molecule has 0 spiro atoms. The van der Waals surface area contributed by atoms with Crippen LogP contribution in [0.4, 0.5) is 0 Å². The minimum atomic E-state index is -3.71. The normalized spacial score (nSPS) is 11.5. The Hall–Kier alpha value is -1.40. The molecule has 5 nitrogen and oxygen atoms in total. The van der Waals surface area contributed by atoms with Crippen molar-refractivity contribution in [2.45, 2.75) is 4.90 Å². The zero-order chi connectivity index (χ0) is 10.9. The number of hydrogen-bond donors (Lipinski definition) is 0. The molecular formula is C8H6ClN3O2S. The van der Waals surface area contributed by atoms with E-state index in [0.717, 1.165) is 0 Å². The highest BCUT2D eigenvalue weighted by molar-refractivity contribution is 8.13. The van der Waals surface area contributed by atoms with E-state index in [1.807, 2.05) is 0 Å². The Labute approximate surface area is 90.7 Å². The van der Waals surface area contributed by atoms with Gasteiger partial charge in [0.25, 0.3) is 9.05 Å². The molecule has 2 rings (SSSR count). The fourth-order valence-corrected chi connectivity index (χ4v) is 1.91. The predicted octanol–water partition coefficient (Wildman–Crippen LogP) is 1.19. The van der Waals surface area contributed by atoms with Gasteiger partial charge in [-0.25, -0.2) is 13.1 Å². The van der Waals surface area contributed by atoms with Gasteiger partial charge in [0.1, 0.15) is 0 Å². The van der Waals surface area contributed by atoms with Crippen LogP contribution in [0, 0.1) is 0 Å². The summed E-state index contributed by atoms with van der Waals surface area (Å²) in [5.41, 5.74) is 0.592. The van der Waals surface area contributed by atoms with Gasteiger partial charge in [0.15, 0.2) is 0 Å². The molecule has 2 aromatic rings. The Morgan fingerprint density at radius 3 is 2.73 bits per heavy atom. The summed E-state index contributed by atoms with van der Waals surface area (Å²) >= 11 is 0. The van der Waals surface area contributed by atoms with Crippen molar-refractivity contribution in [2.24, 2.45) is 0 Å². The Balaban J connectivity index is 2.53. The molecule has 78 valence electrons. The van der Waals surface area contributed by atoms with Gasteiger partial charge < -0.3 is 0 Å². The summed E-state index contributed by atoms with van der Waals surface area (Å²) in [5, 5.41) is 7.36. The third-order valence-electron chi connectivity index (χ3n) is 1.79. The van der Waals surface area contributed by atoms with Crippen LogP contribution in [0.15, 0.2) is 41.6 Å². The Kier molecular flexibility index (Phi) is 2.45. The van der Waals surface area contributed by atoms with E-state index in [2.05, 4.69) is 10.3 Å². The first-order valence-electron chi connectivity index (χ1n) is 3.99. The van der Waals surface area contributed by atoms with Crippen LogP contribution in [0.5, 0.6) is 0 Å². The zero-order valence-electron chi connectivity index (χ0n) is 7.41. The second kappa shape index (κ2) is 3.63. The van der Waals surface area contributed by atoms with Crippen LogP contribution in [0.3, 0.4) is 0 Å². The first kappa shape index (κ1) is 10.1. The summed E-state index contributed by atoms with van der Waals surface area (Å²) in [4.78, 5) is 0.0390. The molecule has 0 atom stereocenters. The predicted molar refractivity (Wildman–Crippen MR) is 54.4 cm³/mol. The molecule has 0 saturated carbocycles. The van der Waals surface area contributed by atoms with Crippen LogP contribution in [0.25, 0.3) is 5.69 Å². The maximum Gasteiger partial charge on any atom is 0.261 e. The van der Waals surface area contributed by atoms with Crippen molar-refractivity contribution in [3.05, 3.63) is 36.7 Å². The third-order valence-corrected chi connectivity index (χ3v) is 3.14. The lowest BCUT2D eigenvalue weighted by atomic mass is 10.3. The molecular weight excluding hydrogens is 238 g/mol. The molecule has 0 aliphatic heterocycles.